The van der Waals surface area contributed by atoms with Gasteiger partial charge in [0.1, 0.15) is 9.84 Å². The molecule has 1 fully saturated rings. The fourth-order valence-electron chi connectivity index (χ4n) is 2.90. The zero-order valence-corrected chi connectivity index (χ0v) is 13.0. The third-order valence-electron chi connectivity index (χ3n) is 3.97. The van der Waals surface area contributed by atoms with E-state index < -0.39 is 9.84 Å². The van der Waals surface area contributed by atoms with Gasteiger partial charge in [0.25, 0.3) is 0 Å². The standard InChI is InChI=1S/C13H25NO4S/c1-4-14(5-2)13(11-12(15)18-6-3)7-9-19(16,17)10-8-13/h4-11H2,1-3H3. The van der Waals surface area contributed by atoms with Crippen molar-refractivity contribution < 1.29 is 17.9 Å². The molecule has 1 heterocycles. The topological polar surface area (TPSA) is 63.7 Å². The summed E-state index contributed by atoms with van der Waals surface area (Å²) in [6.45, 7) is 7.86. The molecule has 19 heavy (non-hydrogen) atoms. The minimum absolute atomic E-state index is 0.170. The Bertz CT molecular complexity index is 387. The Labute approximate surface area is 116 Å². The molecule has 0 spiro atoms. The molecule has 0 aromatic rings. The second-order valence-corrected chi connectivity index (χ2v) is 7.33. The molecule has 1 rings (SSSR count). The lowest BCUT2D eigenvalue weighted by Crippen LogP contribution is -2.54. The van der Waals surface area contributed by atoms with E-state index in [1.807, 2.05) is 13.8 Å². The number of nitrogens with zero attached hydrogens (tertiary/aromatic N) is 1. The first-order chi connectivity index (χ1) is 8.89. The number of carbonyl (C=O) groups excluding carboxylic acids is 1. The molecule has 5 nitrogen and oxygen atoms in total. The van der Waals surface area contributed by atoms with Crippen LogP contribution in [0.2, 0.25) is 0 Å². The van der Waals surface area contributed by atoms with E-state index >= 15 is 0 Å². The minimum Gasteiger partial charge on any atom is -0.466 e. The molecule has 6 heteroatoms. The Balaban J connectivity index is 2.88. The lowest BCUT2D eigenvalue weighted by atomic mass is 9.86. The highest BCUT2D eigenvalue weighted by Crippen LogP contribution is 2.33. The molecule has 1 saturated heterocycles. The Morgan fingerprint density at radius 3 is 2.11 bits per heavy atom. The van der Waals surface area contributed by atoms with E-state index in [0.29, 0.717) is 19.4 Å². The normalized spacial score (nSPS) is 21.3. The van der Waals surface area contributed by atoms with E-state index in [2.05, 4.69) is 4.90 Å². The van der Waals surface area contributed by atoms with Crippen LogP contribution in [0.4, 0.5) is 0 Å². The predicted octanol–water partition coefficient (Wildman–Crippen LogP) is 1.23. The molecule has 0 saturated carbocycles. The van der Waals surface area contributed by atoms with Crippen molar-refractivity contribution in [1.29, 1.82) is 0 Å². The van der Waals surface area contributed by atoms with Gasteiger partial charge in [-0.15, -0.1) is 0 Å². The largest absolute Gasteiger partial charge is 0.466 e. The average molecular weight is 291 g/mol. The molecule has 0 bridgehead atoms. The number of hydrogen-bond donors (Lipinski definition) is 0. The van der Waals surface area contributed by atoms with E-state index in [0.717, 1.165) is 13.1 Å². The SMILES string of the molecule is CCOC(=O)CC1(N(CC)CC)CCS(=O)(=O)CC1. The van der Waals surface area contributed by atoms with Crippen molar-refractivity contribution in [3.05, 3.63) is 0 Å². The smallest absolute Gasteiger partial charge is 0.307 e. The van der Waals surface area contributed by atoms with Gasteiger partial charge >= 0.3 is 5.97 Å². The van der Waals surface area contributed by atoms with Gasteiger partial charge in [0.2, 0.25) is 0 Å². The van der Waals surface area contributed by atoms with E-state index in [4.69, 9.17) is 4.74 Å². The molecule has 112 valence electrons. The van der Waals surface area contributed by atoms with Gasteiger partial charge in [-0.3, -0.25) is 9.69 Å². The van der Waals surface area contributed by atoms with E-state index in [1.54, 1.807) is 6.92 Å². The Kier molecular flexibility index (Phi) is 5.80. The van der Waals surface area contributed by atoms with Crippen molar-refractivity contribution in [3.8, 4) is 0 Å². The molecule has 0 atom stereocenters. The first kappa shape index (κ1) is 16.4. The van der Waals surface area contributed by atoms with Gasteiger partial charge in [0.15, 0.2) is 0 Å². The Morgan fingerprint density at radius 1 is 1.16 bits per heavy atom. The third kappa shape index (κ3) is 4.18. The van der Waals surface area contributed by atoms with Gasteiger partial charge in [0.05, 0.1) is 24.5 Å². The highest BCUT2D eigenvalue weighted by molar-refractivity contribution is 7.91. The van der Waals surface area contributed by atoms with Gasteiger partial charge in [0, 0.05) is 5.54 Å². The summed E-state index contributed by atoms with van der Waals surface area (Å²) in [5.41, 5.74) is -0.346. The van der Waals surface area contributed by atoms with Gasteiger partial charge in [-0.25, -0.2) is 8.42 Å². The first-order valence-corrected chi connectivity index (χ1v) is 8.82. The predicted molar refractivity (Wildman–Crippen MR) is 74.8 cm³/mol. The van der Waals surface area contributed by atoms with E-state index in [9.17, 15) is 13.2 Å². The van der Waals surface area contributed by atoms with Crippen LogP contribution in [0.3, 0.4) is 0 Å². The molecule has 0 amide bonds. The maximum Gasteiger partial charge on any atom is 0.307 e. The number of ether oxygens (including phenoxy) is 1. The van der Waals surface area contributed by atoms with Crippen LogP contribution in [0.5, 0.6) is 0 Å². The van der Waals surface area contributed by atoms with Crippen molar-refractivity contribution in [2.24, 2.45) is 0 Å². The molecule has 0 aromatic heterocycles. The highest BCUT2D eigenvalue weighted by atomic mass is 32.2. The zero-order valence-electron chi connectivity index (χ0n) is 12.1. The van der Waals surface area contributed by atoms with E-state index in [-0.39, 0.29) is 29.4 Å². The van der Waals surface area contributed by atoms with Crippen molar-refractivity contribution in [1.82, 2.24) is 4.90 Å². The number of rotatable bonds is 6. The lowest BCUT2D eigenvalue weighted by molar-refractivity contribution is -0.147. The summed E-state index contributed by atoms with van der Waals surface area (Å²) in [6.07, 6.45) is 1.34. The quantitative estimate of drug-likeness (QED) is 0.689. The first-order valence-electron chi connectivity index (χ1n) is 7.00. The summed E-state index contributed by atoms with van der Waals surface area (Å²) >= 11 is 0. The monoisotopic (exact) mass is 291 g/mol. The molecular formula is C13H25NO4S. The van der Waals surface area contributed by atoms with Crippen molar-refractivity contribution in [2.75, 3.05) is 31.2 Å². The summed E-state index contributed by atoms with van der Waals surface area (Å²) in [7, 11) is -2.93. The molecule has 0 unspecified atom stereocenters. The second-order valence-electron chi connectivity index (χ2n) is 5.03. The summed E-state index contributed by atoms with van der Waals surface area (Å²) in [4.78, 5) is 14.0. The summed E-state index contributed by atoms with van der Waals surface area (Å²) in [5, 5.41) is 0. The molecule has 0 aliphatic carbocycles. The van der Waals surface area contributed by atoms with Gasteiger partial charge in [-0.2, -0.15) is 0 Å². The summed E-state index contributed by atoms with van der Waals surface area (Å²) < 4.78 is 28.3. The van der Waals surface area contributed by atoms with Crippen LogP contribution in [0, 0.1) is 0 Å². The molecule has 0 N–H and O–H groups in total. The number of sulfone groups is 1. The summed E-state index contributed by atoms with van der Waals surface area (Å²) in [6, 6.07) is 0. The second kappa shape index (κ2) is 6.70. The Morgan fingerprint density at radius 2 is 1.68 bits per heavy atom. The number of esters is 1. The average Bonchev–Trinajstić information content (AvgIpc) is 2.35. The molecule has 1 aliphatic heterocycles. The lowest BCUT2D eigenvalue weighted by Gasteiger charge is -2.45. The van der Waals surface area contributed by atoms with Crippen LogP contribution >= 0.6 is 0 Å². The van der Waals surface area contributed by atoms with Gasteiger partial charge in [-0.05, 0) is 32.9 Å². The third-order valence-corrected chi connectivity index (χ3v) is 5.62. The highest BCUT2D eigenvalue weighted by Gasteiger charge is 2.42. The maximum atomic E-state index is 11.8. The molecular weight excluding hydrogens is 266 g/mol. The maximum absolute atomic E-state index is 11.8. The van der Waals surface area contributed by atoms with E-state index in [1.165, 1.54) is 0 Å². The van der Waals surface area contributed by atoms with Crippen LogP contribution in [-0.2, 0) is 19.4 Å². The molecule has 0 radical (unpaired) electrons. The van der Waals surface area contributed by atoms with Crippen LogP contribution in [0.25, 0.3) is 0 Å². The van der Waals surface area contributed by atoms with Gasteiger partial charge < -0.3 is 4.74 Å². The van der Waals surface area contributed by atoms with Crippen LogP contribution in [0.1, 0.15) is 40.0 Å². The zero-order chi connectivity index (χ0) is 14.5. The number of carbonyl (C=O) groups is 1. The van der Waals surface area contributed by atoms with Crippen LogP contribution < -0.4 is 0 Å². The number of hydrogen-bond acceptors (Lipinski definition) is 5. The fourth-order valence-corrected chi connectivity index (χ4v) is 4.48. The molecule has 1 aliphatic rings. The molecule has 0 aromatic carbocycles. The Hall–Kier alpha value is -0.620. The fraction of sp³-hybridized carbons (Fsp3) is 0.923. The van der Waals surface area contributed by atoms with Gasteiger partial charge in [-0.1, -0.05) is 13.8 Å². The van der Waals surface area contributed by atoms with Crippen molar-refractivity contribution in [2.45, 2.75) is 45.6 Å². The van der Waals surface area contributed by atoms with Crippen molar-refractivity contribution >= 4 is 15.8 Å². The minimum atomic E-state index is -2.93. The van der Waals surface area contributed by atoms with Crippen molar-refractivity contribution in [3.63, 3.8) is 0 Å². The van der Waals surface area contributed by atoms with Crippen LogP contribution in [0.15, 0.2) is 0 Å². The summed E-state index contributed by atoms with van der Waals surface area (Å²) in [5.74, 6) is 0.111. The van der Waals surface area contributed by atoms with Crippen LogP contribution in [-0.4, -0.2) is 56.0 Å².